The van der Waals surface area contributed by atoms with Crippen LogP contribution in [0.2, 0.25) is 0 Å². The predicted molar refractivity (Wildman–Crippen MR) is 81.2 cm³/mol. The van der Waals surface area contributed by atoms with Gasteiger partial charge in [0.15, 0.2) is 0 Å². The number of imidazole rings is 1. The van der Waals surface area contributed by atoms with Crippen LogP contribution < -0.4 is 5.73 Å². The summed E-state index contributed by atoms with van der Waals surface area (Å²) in [6.45, 7) is 1.85. The van der Waals surface area contributed by atoms with Gasteiger partial charge < -0.3 is 10.3 Å². The number of hydrogen-bond acceptors (Lipinski definition) is 3. The second-order valence-corrected chi connectivity index (χ2v) is 5.74. The predicted octanol–water partition coefficient (Wildman–Crippen LogP) is 2.04. The van der Waals surface area contributed by atoms with Crippen LogP contribution in [0.5, 0.6) is 0 Å². The molecule has 0 spiro atoms. The molecule has 0 bridgehead atoms. The van der Waals surface area contributed by atoms with Crippen LogP contribution in [0.1, 0.15) is 18.0 Å². The molecule has 20 heavy (non-hydrogen) atoms. The van der Waals surface area contributed by atoms with Gasteiger partial charge in [0.25, 0.3) is 0 Å². The standard InChI is InChI=1S/C16H22N4/c1-19-8-7-18-16(19)14-6-4-3-5-13(14)15-9-12(10-17)11-20(15)2/h3-8,12,15H,9-11,17H2,1-2H3. The SMILES string of the molecule is CN1CC(CN)CC1c1ccccc1-c1nccn1C. The van der Waals surface area contributed by atoms with Crippen molar-refractivity contribution in [2.45, 2.75) is 12.5 Å². The molecule has 1 aliphatic rings. The number of rotatable bonds is 3. The van der Waals surface area contributed by atoms with E-state index in [-0.39, 0.29) is 0 Å². The Hall–Kier alpha value is -1.65. The fourth-order valence-electron chi connectivity index (χ4n) is 3.26. The Bertz CT molecular complexity index is 590. The van der Waals surface area contributed by atoms with Gasteiger partial charge in [0.05, 0.1) is 0 Å². The third-order valence-electron chi connectivity index (χ3n) is 4.35. The molecule has 0 saturated carbocycles. The summed E-state index contributed by atoms with van der Waals surface area (Å²) in [7, 11) is 4.23. The van der Waals surface area contributed by atoms with Crippen LogP contribution in [0.25, 0.3) is 11.4 Å². The first kappa shape index (κ1) is 13.3. The number of hydrogen-bond donors (Lipinski definition) is 1. The van der Waals surface area contributed by atoms with Gasteiger partial charge >= 0.3 is 0 Å². The molecule has 0 amide bonds. The monoisotopic (exact) mass is 270 g/mol. The lowest BCUT2D eigenvalue weighted by Gasteiger charge is -2.22. The summed E-state index contributed by atoms with van der Waals surface area (Å²) in [5.74, 6) is 1.63. The maximum atomic E-state index is 5.85. The van der Waals surface area contributed by atoms with Crippen LogP contribution in [0.3, 0.4) is 0 Å². The van der Waals surface area contributed by atoms with E-state index in [9.17, 15) is 0 Å². The molecule has 4 nitrogen and oxygen atoms in total. The minimum Gasteiger partial charge on any atom is -0.334 e. The highest BCUT2D eigenvalue weighted by Gasteiger charge is 2.31. The number of benzene rings is 1. The third kappa shape index (κ3) is 2.25. The van der Waals surface area contributed by atoms with Crippen LogP contribution in [0.15, 0.2) is 36.7 Å². The van der Waals surface area contributed by atoms with E-state index >= 15 is 0 Å². The van der Waals surface area contributed by atoms with Crippen LogP contribution in [-0.2, 0) is 7.05 Å². The molecule has 4 heteroatoms. The van der Waals surface area contributed by atoms with E-state index in [4.69, 9.17) is 5.73 Å². The van der Waals surface area contributed by atoms with E-state index in [2.05, 4.69) is 45.8 Å². The summed E-state index contributed by atoms with van der Waals surface area (Å²) in [6.07, 6.45) is 4.98. The zero-order valence-electron chi connectivity index (χ0n) is 12.2. The Labute approximate surface area is 120 Å². The van der Waals surface area contributed by atoms with Crippen LogP contribution in [-0.4, -0.2) is 34.6 Å². The maximum Gasteiger partial charge on any atom is 0.139 e. The number of nitrogens with zero attached hydrogens (tertiary/aromatic N) is 3. The first-order valence-electron chi connectivity index (χ1n) is 7.17. The lowest BCUT2D eigenvalue weighted by molar-refractivity contribution is 0.314. The van der Waals surface area contributed by atoms with E-state index in [0.717, 1.165) is 25.3 Å². The summed E-state index contributed by atoms with van der Waals surface area (Å²) in [5.41, 5.74) is 8.44. The number of nitrogens with two attached hydrogens (primary N) is 1. The first-order chi connectivity index (χ1) is 9.70. The highest BCUT2D eigenvalue weighted by Crippen LogP contribution is 2.38. The van der Waals surface area contributed by atoms with Crippen molar-refractivity contribution in [2.75, 3.05) is 20.1 Å². The topological polar surface area (TPSA) is 47.1 Å². The summed E-state index contributed by atoms with van der Waals surface area (Å²) >= 11 is 0. The number of aromatic nitrogens is 2. The van der Waals surface area contributed by atoms with Crippen molar-refractivity contribution < 1.29 is 0 Å². The van der Waals surface area contributed by atoms with E-state index in [1.807, 2.05) is 19.4 Å². The van der Waals surface area contributed by atoms with Gasteiger partial charge in [0, 0.05) is 37.6 Å². The molecule has 2 N–H and O–H groups in total. The average Bonchev–Trinajstić information content (AvgIpc) is 3.04. The van der Waals surface area contributed by atoms with Gasteiger partial charge in [-0.25, -0.2) is 4.98 Å². The third-order valence-corrected chi connectivity index (χ3v) is 4.35. The van der Waals surface area contributed by atoms with Crippen molar-refractivity contribution in [3.63, 3.8) is 0 Å². The second kappa shape index (κ2) is 5.38. The van der Waals surface area contributed by atoms with Crippen LogP contribution in [0, 0.1) is 5.92 Å². The van der Waals surface area contributed by atoms with Gasteiger partial charge in [-0.05, 0) is 31.5 Å². The molecule has 1 aliphatic heterocycles. The summed E-state index contributed by atoms with van der Waals surface area (Å²) in [5, 5.41) is 0. The maximum absolute atomic E-state index is 5.85. The molecule has 1 fully saturated rings. The van der Waals surface area contributed by atoms with Gasteiger partial charge in [0.1, 0.15) is 5.82 Å². The van der Waals surface area contributed by atoms with E-state index in [1.165, 1.54) is 11.1 Å². The number of aryl methyl sites for hydroxylation is 1. The van der Waals surface area contributed by atoms with E-state index in [0.29, 0.717) is 12.0 Å². The Morgan fingerprint density at radius 3 is 2.75 bits per heavy atom. The van der Waals surface area contributed by atoms with Gasteiger partial charge in [-0.3, -0.25) is 4.90 Å². The molecule has 3 rings (SSSR count). The van der Waals surface area contributed by atoms with Crippen molar-refractivity contribution in [1.29, 1.82) is 0 Å². The van der Waals surface area contributed by atoms with E-state index < -0.39 is 0 Å². The van der Waals surface area contributed by atoms with Gasteiger partial charge in [0.2, 0.25) is 0 Å². The van der Waals surface area contributed by atoms with Gasteiger partial charge in [-0.15, -0.1) is 0 Å². The highest BCUT2D eigenvalue weighted by molar-refractivity contribution is 5.61. The fraction of sp³-hybridized carbons (Fsp3) is 0.438. The molecule has 1 aromatic heterocycles. The molecule has 2 unspecified atom stereocenters. The summed E-state index contributed by atoms with van der Waals surface area (Å²) in [6, 6.07) is 9.04. The molecule has 1 saturated heterocycles. The molecule has 0 aliphatic carbocycles. The molecular weight excluding hydrogens is 248 g/mol. The molecular formula is C16H22N4. The zero-order chi connectivity index (χ0) is 14.1. The van der Waals surface area contributed by atoms with Crippen molar-refractivity contribution in [2.24, 2.45) is 18.7 Å². The lowest BCUT2D eigenvalue weighted by atomic mass is 9.95. The van der Waals surface area contributed by atoms with Crippen LogP contribution >= 0.6 is 0 Å². The Kier molecular flexibility index (Phi) is 3.59. The molecule has 1 aromatic carbocycles. The van der Waals surface area contributed by atoms with E-state index in [1.54, 1.807) is 0 Å². The molecule has 2 aromatic rings. The average molecular weight is 270 g/mol. The summed E-state index contributed by atoms with van der Waals surface area (Å²) < 4.78 is 2.08. The molecule has 2 heterocycles. The highest BCUT2D eigenvalue weighted by atomic mass is 15.2. The van der Waals surface area contributed by atoms with Crippen molar-refractivity contribution >= 4 is 0 Å². The van der Waals surface area contributed by atoms with Crippen LogP contribution in [0.4, 0.5) is 0 Å². The van der Waals surface area contributed by atoms with Crippen molar-refractivity contribution in [1.82, 2.24) is 14.5 Å². The normalized spacial score (nSPS) is 23.4. The Balaban J connectivity index is 2.01. The number of likely N-dealkylation sites (tertiary alicyclic amines) is 1. The Morgan fingerprint density at radius 1 is 1.30 bits per heavy atom. The molecule has 0 radical (unpaired) electrons. The zero-order valence-corrected chi connectivity index (χ0v) is 12.2. The largest absolute Gasteiger partial charge is 0.334 e. The molecule has 106 valence electrons. The minimum atomic E-state index is 0.441. The fourth-order valence-corrected chi connectivity index (χ4v) is 3.26. The van der Waals surface area contributed by atoms with Crippen molar-refractivity contribution in [3.05, 3.63) is 42.2 Å². The molecule has 2 atom stereocenters. The first-order valence-corrected chi connectivity index (χ1v) is 7.17. The van der Waals surface area contributed by atoms with Crippen molar-refractivity contribution in [3.8, 4) is 11.4 Å². The minimum absolute atomic E-state index is 0.441. The Morgan fingerprint density at radius 2 is 2.10 bits per heavy atom. The van der Waals surface area contributed by atoms with Gasteiger partial charge in [-0.2, -0.15) is 0 Å². The smallest absolute Gasteiger partial charge is 0.139 e. The second-order valence-electron chi connectivity index (χ2n) is 5.74. The quantitative estimate of drug-likeness (QED) is 0.928. The van der Waals surface area contributed by atoms with Gasteiger partial charge in [-0.1, -0.05) is 24.3 Å². The lowest BCUT2D eigenvalue weighted by Crippen LogP contribution is -2.21. The summed E-state index contributed by atoms with van der Waals surface area (Å²) in [4.78, 5) is 6.92.